The van der Waals surface area contributed by atoms with E-state index in [1.165, 1.54) is 5.01 Å². The molecule has 8 nitrogen and oxygen atoms in total. The maximum Gasteiger partial charge on any atom is 0.263 e. The van der Waals surface area contributed by atoms with Crippen LogP contribution in [0.4, 0.5) is 11.4 Å². The first kappa shape index (κ1) is 17.8. The molecule has 2 aliphatic rings. The highest BCUT2D eigenvalue weighted by Gasteiger charge is 2.55. The maximum atomic E-state index is 12.9. The van der Waals surface area contributed by atoms with Crippen molar-refractivity contribution in [2.75, 3.05) is 16.8 Å². The summed E-state index contributed by atoms with van der Waals surface area (Å²) in [6, 6.07) is 14.4. The first-order chi connectivity index (χ1) is 13.6. The summed E-state index contributed by atoms with van der Waals surface area (Å²) in [5.41, 5.74) is 2.23. The van der Waals surface area contributed by atoms with E-state index in [1.807, 2.05) is 31.2 Å². The molecule has 2 aromatic carbocycles. The Bertz CT molecular complexity index is 959. The molecule has 0 aromatic heterocycles. The van der Waals surface area contributed by atoms with Crippen LogP contribution in [0.25, 0.3) is 0 Å². The fourth-order valence-corrected chi connectivity index (χ4v) is 3.47. The van der Waals surface area contributed by atoms with E-state index in [4.69, 9.17) is 0 Å². The van der Waals surface area contributed by atoms with Gasteiger partial charge >= 0.3 is 0 Å². The van der Waals surface area contributed by atoms with Crippen molar-refractivity contribution >= 4 is 29.1 Å². The van der Waals surface area contributed by atoms with Crippen LogP contribution >= 0.6 is 0 Å². The van der Waals surface area contributed by atoms with Crippen molar-refractivity contribution in [3.63, 3.8) is 0 Å². The largest absolute Gasteiger partial charge is 0.324 e. The highest BCUT2D eigenvalue weighted by atomic mass is 16.2. The van der Waals surface area contributed by atoms with E-state index in [1.54, 1.807) is 30.3 Å². The van der Waals surface area contributed by atoms with E-state index in [9.17, 15) is 14.4 Å². The second-order valence-electron chi connectivity index (χ2n) is 6.60. The molecule has 3 amide bonds. The third kappa shape index (κ3) is 3.02. The van der Waals surface area contributed by atoms with Crippen molar-refractivity contribution in [2.24, 2.45) is 10.3 Å². The second-order valence-corrected chi connectivity index (χ2v) is 6.60. The van der Waals surface area contributed by atoms with E-state index in [0.717, 1.165) is 22.6 Å². The fraction of sp³-hybridized carbons (Fsp3) is 0.250. The zero-order chi connectivity index (χ0) is 19.7. The van der Waals surface area contributed by atoms with Crippen LogP contribution in [0.5, 0.6) is 0 Å². The summed E-state index contributed by atoms with van der Waals surface area (Å²) in [5.74, 6) is -1.17. The minimum Gasteiger partial charge on any atom is -0.324 e. The Balaban J connectivity index is 1.49. The van der Waals surface area contributed by atoms with Gasteiger partial charge < -0.3 is 5.32 Å². The Morgan fingerprint density at radius 3 is 2.50 bits per heavy atom. The van der Waals surface area contributed by atoms with Crippen molar-refractivity contribution in [1.82, 2.24) is 5.01 Å². The number of imide groups is 1. The van der Waals surface area contributed by atoms with Gasteiger partial charge in [0.15, 0.2) is 12.1 Å². The topological polar surface area (TPSA) is 94.4 Å². The van der Waals surface area contributed by atoms with Crippen molar-refractivity contribution in [2.45, 2.75) is 25.4 Å². The summed E-state index contributed by atoms with van der Waals surface area (Å²) in [4.78, 5) is 39.1. The maximum absolute atomic E-state index is 12.9. The molecular formula is C20H19N5O3. The molecule has 2 aliphatic heterocycles. The molecule has 1 saturated heterocycles. The lowest BCUT2D eigenvalue weighted by atomic mass is 10.1. The van der Waals surface area contributed by atoms with Gasteiger partial charge in [0.05, 0.1) is 5.69 Å². The Labute approximate surface area is 161 Å². The standard InChI is InChI=1S/C20H19N5O3/c1-2-13-8-6-7-11-15(13)21-16(26)12-24-18-17(22-23-24)19(27)25(20(18)28)14-9-4-3-5-10-14/h3-11,17-18H,2,12H2,1H3,(H,21,26)/t17-,18-/m1/s1. The molecule has 4 rings (SSSR count). The van der Waals surface area contributed by atoms with Crippen LogP contribution in [-0.2, 0) is 20.8 Å². The molecule has 0 radical (unpaired) electrons. The van der Waals surface area contributed by atoms with Crippen LogP contribution in [-0.4, -0.2) is 41.4 Å². The van der Waals surface area contributed by atoms with Gasteiger partial charge in [-0.25, -0.2) is 4.90 Å². The number of benzene rings is 2. The van der Waals surface area contributed by atoms with E-state index in [0.29, 0.717) is 5.69 Å². The number of nitrogens with one attached hydrogen (secondary N) is 1. The van der Waals surface area contributed by atoms with E-state index < -0.39 is 23.9 Å². The van der Waals surface area contributed by atoms with Crippen LogP contribution in [0.3, 0.4) is 0 Å². The molecule has 1 fully saturated rings. The Morgan fingerprint density at radius 2 is 1.75 bits per heavy atom. The molecule has 1 N–H and O–H groups in total. The highest BCUT2D eigenvalue weighted by molar-refractivity contribution is 6.25. The number of aryl methyl sites for hydroxylation is 1. The van der Waals surface area contributed by atoms with E-state index >= 15 is 0 Å². The third-order valence-corrected chi connectivity index (χ3v) is 4.85. The molecule has 0 unspecified atom stereocenters. The lowest BCUT2D eigenvalue weighted by Crippen LogP contribution is -2.43. The van der Waals surface area contributed by atoms with Gasteiger partial charge in [-0.15, -0.1) is 0 Å². The highest BCUT2D eigenvalue weighted by Crippen LogP contribution is 2.31. The molecule has 2 atom stereocenters. The van der Waals surface area contributed by atoms with Gasteiger partial charge in [-0.2, -0.15) is 5.11 Å². The molecule has 142 valence electrons. The molecule has 2 heterocycles. The summed E-state index contributed by atoms with van der Waals surface area (Å²) in [6.45, 7) is 1.84. The van der Waals surface area contributed by atoms with Crippen LogP contribution < -0.4 is 10.2 Å². The molecule has 0 bridgehead atoms. The number of hydrogen-bond acceptors (Lipinski definition) is 6. The number of nitrogens with zero attached hydrogens (tertiary/aromatic N) is 4. The number of carbonyl (C=O) groups is 3. The average molecular weight is 377 g/mol. The van der Waals surface area contributed by atoms with Gasteiger partial charge in [-0.1, -0.05) is 48.5 Å². The van der Waals surface area contributed by atoms with Crippen molar-refractivity contribution < 1.29 is 14.4 Å². The zero-order valence-corrected chi connectivity index (χ0v) is 15.3. The molecule has 2 aromatic rings. The van der Waals surface area contributed by atoms with Crippen molar-refractivity contribution in [1.29, 1.82) is 0 Å². The summed E-state index contributed by atoms with van der Waals surface area (Å²) in [7, 11) is 0. The number of hydrogen-bond donors (Lipinski definition) is 1. The number of rotatable bonds is 5. The van der Waals surface area contributed by atoms with E-state index in [2.05, 4.69) is 15.7 Å². The normalized spacial score (nSPS) is 20.6. The van der Waals surface area contributed by atoms with Gasteiger partial charge in [0.25, 0.3) is 11.8 Å². The van der Waals surface area contributed by atoms with Gasteiger partial charge in [0.1, 0.15) is 6.54 Å². The second kappa shape index (κ2) is 7.22. The Hall–Kier alpha value is -3.55. The molecular weight excluding hydrogens is 358 g/mol. The van der Waals surface area contributed by atoms with Gasteiger partial charge in [-0.3, -0.25) is 19.4 Å². The quantitative estimate of drug-likeness (QED) is 0.808. The van der Waals surface area contributed by atoms with Crippen LogP contribution in [0.2, 0.25) is 0 Å². The molecule has 28 heavy (non-hydrogen) atoms. The smallest absolute Gasteiger partial charge is 0.263 e. The zero-order valence-electron chi connectivity index (χ0n) is 15.3. The Morgan fingerprint density at radius 1 is 1.04 bits per heavy atom. The number of para-hydroxylation sites is 2. The lowest BCUT2D eigenvalue weighted by molar-refractivity contribution is -0.123. The van der Waals surface area contributed by atoms with Crippen molar-refractivity contribution in [3.05, 3.63) is 60.2 Å². The van der Waals surface area contributed by atoms with Crippen LogP contribution in [0.15, 0.2) is 64.9 Å². The number of carbonyl (C=O) groups excluding carboxylic acids is 3. The Kier molecular flexibility index (Phi) is 4.60. The predicted octanol–water partition coefficient (Wildman–Crippen LogP) is 2.18. The number of amides is 3. The van der Waals surface area contributed by atoms with Gasteiger partial charge in [-0.05, 0) is 30.2 Å². The minimum absolute atomic E-state index is 0.162. The number of anilines is 2. The fourth-order valence-electron chi connectivity index (χ4n) is 3.47. The molecule has 0 saturated carbocycles. The number of fused-ring (bicyclic) bond motifs is 1. The summed E-state index contributed by atoms with van der Waals surface area (Å²) >= 11 is 0. The molecule has 0 aliphatic carbocycles. The lowest BCUT2D eigenvalue weighted by Gasteiger charge is -2.20. The van der Waals surface area contributed by atoms with Gasteiger partial charge in [0.2, 0.25) is 5.91 Å². The van der Waals surface area contributed by atoms with Crippen LogP contribution in [0.1, 0.15) is 12.5 Å². The molecule has 0 spiro atoms. The predicted molar refractivity (Wildman–Crippen MR) is 103 cm³/mol. The molecule has 8 heteroatoms. The minimum atomic E-state index is -0.913. The van der Waals surface area contributed by atoms with Crippen LogP contribution in [0, 0.1) is 0 Å². The van der Waals surface area contributed by atoms with Crippen molar-refractivity contribution in [3.8, 4) is 0 Å². The summed E-state index contributed by atoms with van der Waals surface area (Å²) in [5, 5.41) is 12.0. The third-order valence-electron chi connectivity index (χ3n) is 4.85. The van der Waals surface area contributed by atoms with E-state index in [-0.39, 0.29) is 12.5 Å². The van der Waals surface area contributed by atoms with Gasteiger partial charge in [0, 0.05) is 5.69 Å². The SMILES string of the molecule is CCc1ccccc1NC(=O)CN1N=N[C@H]2C(=O)N(c3ccccc3)C(=O)[C@@H]21. The monoisotopic (exact) mass is 377 g/mol. The first-order valence-corrected chi connectivity index (χ1v) is 9.08. The summed E-state index contributed by atoms with van der Waals surface area (Å²) < 4.78 is 0. The average Bonchev–Trinajstić information content (AvgIpc) is 3.22. The summed E-state index contributed by atoms with van der Waals surface area (Å²) in [6.07, 6.45) is 0.781. The first-order valence-electron chi connectivity index (χ1n) is 9.08.